The SMILES string of the molecule is CC(=O)OCCN(CCC#N)c1ccc(N=Nc2ccc([N+](=O)[O-])cc2S(=O)(=O)C(F)(F)F)cc1. The van der Waals surface area contributed by atoms with Gasteiger partial charge < -0.3 is 9.64 Å². The summed E-state index contributed by atoms with van der Waals surface area (Å²) >= 11 is 0. The predicted molar refractivity (Wildman–Crippen MR) is 116 cm³/mol. The predicted octanol–water partition coefficient (Wildman–Crippen LogP) is 4.59. The number of nitro groups is 1. The number of rotatable bonds is 10. The Hall–Kier alpha value is -4.06. The third kappa shape index (κ3) is 7.21. The first-order valence-corrected chi connectivity index (χ1v) is 11.2. The van der Waals surface area contributed by atoms with Crippen LogP contribution in [0.3, 0.4) is 0 Å². The Bertz CT molecular complexity index is 1260. The number of nitro benzene ring substituents is 1. The van der Waals surface area contributed by atoms with E-state index < -0.39 is 42.5 Å². The average Bonchev–Trinajstić information content (AvgIpc) is 2.79. The molecule has 2 aromatic rings. The van der Waals surface area contributed by atoms with Crippen LogP contribution in [-0.2, 0) is 19.4 Å². The first kappa shape index (κ1) is 27.2. The van der Waals surface area contributed by atoms with Gasteiger partial charge in [-0.2, -0.15) is 23.5 Å². The van der Waals surface area contributed by atoms with Crippen molar-refractivity contribution in [1.82, 2.24) is 0 Å². The number of ether oxygens (including phenoxy) is 1. The number of carbonyl (C=O) groups excluding carboxylic acids is 1. The smallest absolute Gasteiger partial charge is 0.464 e. The van der Waals surface area contributed by atoms with Gasteiger partial charge in [-0.25, -0.2) is 8.42 Å². The van der Waals surface area contributed by atoms with Crippen LogP contribution in [0.15, 0.2) is 57.6 Å². The number of azo groups is 1. The number of nitrogens with zero attached hydrogens (tertiary/aromatic N) is 5. The molecule has 11 nitrogen and oxygen atoms in total. The molecule has 0 radical (unpaired) electrons. The van der Waals surface area contributed by atoms with Gasteiger partial charge >= 0.3 is 11.5 Å². The van der Waals surface area contributed by atoms with E-state index in [9.17, 15) is 36.5 Å². The molecule has 0 aliphatic carbocycles. The fourth-order valence-corrected chi connectivity index (χ4v) is 3.64. The number of alkyl halides is 3. The molecule has 0 unspecified atom stereocenters. The molecule has 2 rings (SSSR count). The first-order valence-electron chi connectivity index (χ1n) is 9.73. The Kier molecular flexibility index (Phi) is 8.84. The zero-order valence-electron chi connectivity index (χ0n) is 18.1. The van der Waals surface area contributed by atoms with Crippen molar-refractivity contribution in [3.63, 3.8) is 0 Å². The molecule has 0 fully saturated rings. The molecule has 2 aromatic carbocycles. The van der Waals surface area contributed by atoms with Crippen LogP contribution in [0, 0.1) is 21.4 Å². The summed E-state index contributed by atoms with van der Waals surface area (Å²) in [4.78, 5) is 21.2. The molecular weight excluding hydrogens is 495 g/mol. The van der Waals surface area contributed by atoms with Crippen molar-refractivity contribution < 1.29 is 36.0 Å². The summed E-state index contributed by atoms with van der Waals surface area (Å²) in [7, 11) is -5.94. The highest BCUT2D eigenvalue weighted by atomic mass is 32.2. The van der Waals surface area contributed by atoms with Crippen LogP contribution >= 0.6 is 0 Å². The highest BCUT2D eigenvalue weighted by Crippen LogP contribution is 2.38. The van der Waals surface area contributed by atoms with Crippen molar-refractivity contribution in [2.45, 2.75) is 23.7 Å². The number of anilines is 1. The van der Waals surface area contributed by atoms with Gasteiger partial charge in [0.2, 0.25) is 0 Å². The van der Waals surface area contributed by atoms with Crippen LogP contribution in [-0.4, -0.2) is 44.5 Å². The first-order chi connectivity index (χ1) is 16.4. The summed E-state index contributed by atoms with van der Waals surface area (Å²) in [6.45, 7) is 1.97. The summed E-state index contributed by atoms with van der Waals surface area (Å²) in [5.74, 6) is -0.459. The largest absolute Gasteiger partial charge is 0.501 e. The topological polar surface area (TPSA) is 155 Å². The van der Waals surface area contributed by atoms with Gasteiger partial charge in [0.1, 0.15) is 17.2 Å². The molecule has 0 aliphatic rings. The lowest BCUT2D eigenvalue weighted by atomic mass is 10.2. The van der Waals surface area contributed by atoms with Crippen LogP contribution in [0.25, 0.3) is 0 Å². The lowest BCUT2D eigenvalue weighted by Crippen LogP contribution is -2.28. The molecule has 0 spiro atoms. The normalized spacial score (nSPS) is 11.7. The van der Waals surface area contributed by atoms with Crippen molar-refractivity contribution in [3.05, 3.63) is 52.6 Å². The molecule has 0 N–H and O–H groups in total. The van der Waals surface area contributed by atoms with E-state index in [2.05, 4.69) is 10.2 Å². The minimum Gasteiger partial charge on any atom is -0.464 e. The summed E-state index contributed by atoms with van der Waals surface area (Å²) < 4.78 is 67.8. The maximum absolute atomic E-state index is 13.1. The van der Waals surface area contributed by atoms with Crippen molar-refractivity contribution in [3.8, 4) is 6.07 Å². The van der Waals surface area contributed by atoms with Gasteiger partial charge in [0.15, 0.2) is 0 Å². The standard InChI is InChI=1S/C20H18F3N5O6S/c1-14(29)34-12-11-27(10-2-9-24)16-5-3-15(4-6-16)25-26-18-8-7-17(28(30)31)13-19(18)35(32,33)20(21,22)23/h3-8,13H,2,10-12H2,1H3. The van der Waals surface area contributed by atoms with Gasteiger partial charge in [-0.1, -0.05) is 0 Å². The number of hydrogen-bond donors (Lipinski definition) is 0. The Morgan fingerprint density at radius 2 is 1.83 bits per heavy atom. The Morgan fingerprint density at radius 3 is 2.37 bits per heavy atom. The monoisotopic (exact) mass is 513 g/mol. The maximum Gasteiger partial charge on any atom is 0.501 e. The number of halogens is 3. The molecule has 0 amide bonds. The van der Waals surface area contributed by atoms with Crippen molar-refractivity contribution in [2.24, 2.45) is 10.2 Å². The number of hydrogen-bond acceptors (Lipinski definition) is 10. The van der Waals surface area contributed by atoms with Crippen LogP contribution in [0.4, 0.5) is 35.9 Å². The number of esters is 1. The van der Waals surface area contributed by atoms with Crippen LogP contribution < -0.4 is 4.90 Å². The van der Waals surface area contributed by atoms with Gasteiger partial charge in [0, 0.05) is 31.3 Å². The molecule has 0 heterocycles. The molecule has 35 heavy (non-hydrogen) atoms. The van der Waals surface area contributed by atoms with Crippen LogP contribution in [0.2, 0.25) is 0 Å². The summed E-state index contributed by atoms with van der Waals surface area (Å²) in [6, 6.07) is 9.86. The highest BCUT2D eigenvalue weighted by molar-refractivity contribution is 7.92. The number of nitriles is 1. The third-order valence-corrected chi connectivity index (χ3v) is 5.91. The lowest BCUT2D eigenvalue weighted by Gasteiger charge is -2.23. The second-order valence-corrected chi connectivity index (χ2v) is 8.72. The Morgan fingerprint density at radius 1 is 1.17 bits per heavy atom. The number of sulfone groups is 1. The maximum atomic E-state index is 13.1. The number of benzene rings is 2. The average molecular weight is 513 g/mol. The molecule has 0 atom stereocenters. The zero-order chi connectivity index (χ0) is 26.2. The fourth-order valence-electron chi connectivity index (χ4n) is 2.74. The second kappa shape index (κ2) is 11.4. The van der Waals surface area contributed by atoms with Gasteiger partial charge in [-0.3, -0.25) is 14.9 Å². The number of carbonyl (C=O) groups is 1. The van der Waals surface area contributed by atoms with E-state index in [4.69, 9.17) is 10.00 Å². The summed E-state index contributed by atoms with van der Waals surface area (Å²) in [5.41, 5.74) is -6.52. The second-order valence-electron chi connectivity index (χ2n) is 6.81. The van der Waals surface area contributed by atoms with E-state index in [0.29, 0.717) is 18.8 Å². The van der Waals surface area contributed by atoms with Gasteiger partial charge in [-0.15, -0.1) is 5.11 Å². The van der Waals surface area contributed by atoms with E-state index in [0.717, 1.165) is 12.1 Å². The lowest BCUT2D eigenvalue weighted by molar-refractivity contribution is -0.385. The molecule has 0 bridgehead atoms. The molecule has 0 saturated heterocycles. The third-order valence-electron chi connectivity index (χ3n) is 4.40. The van der Waals surface area contributed by atoms with E-state index in [1.165, 1.54) is 19.1 Å². The van der Waals surface area contributed by atoms with Crippen molar-refractivity contribution in [1.29, 1.82) is 5.26 Å². The fraction of sp³-hybridized carbons (Fsp3) is 0.300. The van der Waals surface area contributed by atoms with Crippen LogP contribution in [0.1, 0.15) is 13.3 Å². The van der Waals surface area contributed by atoms with E-state index in [-0.39, 0.29) is 24.8 Å². The summed E-state index contributed by atoms with van der Waals surface area (Å²) in [6.07, 6.45) is 0.193. The van der Waals surface area contributed by atoms with Crippen molar-refractivity contribution in [2.75, 3.05) is 24.6 Å². The Balaban J connectivity index is 2.33. The van der Waals surface area contributed by atoms with E-state index in [1.807, 2.05) is 6.07 Å². The molecule has 0 saturated carbocycles. The van der Waals surface area contributed by atoms with Gasteiger partial charge in [-0.05, 0) is 30.3 Å². The van der Waals surface area contributed by atoms with Crippen LogP contribution in [0.5, 0.6) is 0 Å². The minimum absolute atomic E-state index is 0.0822. The molecule has 0 aliphatic heterocycles. The number of non-ortho nitro benzene ring substituents is 1. The summed E-state index contributed by atoms with van der Waals surface area (Å²) in [5, 5.41) is 27.0. The minimum atomic E-state index is -5.94. The molecule has 15 heteroatoms. The Labute approximate surface area is 197 Å². The van der Waals surface area contributed by atoms with Gasteiger partial charge in [0.25, 0.3) is 15.5 Å². The quantitative estimate of drug-likeness (QED) is 0.193. The zero-order valence-corrected chi connectivity index (χ0v) is 18.9. The van der Waals surface area contributed by atoms with E-state index >= 15 is 0 Å². The van der Waals surface area contributed by atoms with E-state index in [1.54, 1.807) is 17.0 Å². The highest BCUT2D eigenvalue weighted by Gasteiger charge is 2.48. The van der Waals surface area contributed by atoms with Crippen molar-refractivity contribution >= 4 is 38.6 Å². The van der Waals surface area contributed by atoms with Gasteiger partial charge in [0.05, 0.1) is 29.6 Å². The molecular formula is C20H18F3N5O6S. The molecule has 0 aromatic heterocycles. The molecule has 186 valence electrons.